The third kappa shape index (κ3) is 12.7. The molecule has 4 atom stereocenters. The average Bonchev–Trinajstić information content (AvgIpc) is 3.04. The summed E-state index contributed by atoms with van der Waals surface area (Å²) in [6.07, 6.45) is -0.644. The maximum atomic E-state index is 14.6. The van der Waals surface area contributed by atoms with E-state index in [1.54, 1.807) is 45.0 Å². The number of nitrogens with two attached hydrogens (primary N) is 1. The Balaban J connectivity index is 1.98. The van der Waals surface area contributed by atoms with Crippen LogP contribution in [0, 0.1) is 5.92 Å². The molecule has 0 bridgehead atoms. The Bertz CT molecular complexity index is 1490. The van der Waals surface area contributed by atoms with Crippen LogP contribution in [0.25, 0.3) is 0 Å². The number of benzene rings is 3. The Hall–Kier alpha value is -4.70. The molecule has 3 aromatic carbocycles. The van der Waals surface area contributed by atoms with Gasteiger partial charge in [-0.2, -0.15) is 0 Å². The van der Waals surface area contributed by atoms with Gasteiger partial charge in [0.05, 0.1) is 6.10 Å². The number of aliphatic hydroxyl groups is 1. The fourth-order valence-corrected chi connectivity index (χ4v) is 5.66. The van der Waals surface area contributed by atoms with E-state index in [1.165, 1.54) is 0 Å². The number of nitrogens with one attached hydrogen (secondary N) is 3. The third-order valence-corrected chi connectivity index (χ3v) is 8.08. The first-order chi connectivity index (χ1) is 23.2. The van der Waals surface area contributed by atoms with Crippen molar-refractivity contribution >= 4 is 23.8 Å². The van der Waals surface area contributed by atoms with E-state index in [2.05, 4.69) is 16.0 Å². The molecule has 0 radical (unpaired) electrons. The van der Waals surface area contributed by atoms with Crippen molar-refractivity contribution in [2.75, 3.05) is 0 Å². The average molecular weight is 673 g/mol. The second kappa shape index (κ2) is 18.2. The molecule has 0 aliphatic heterocycles. The lowest BCUT2D eigenvalue weighted by Gasteiger charge is -2.39. The Morgan fingerprint density at radius 1 is 0.776 bits per heavy atom. The van der Waals surface area contributed by atoms with Gasteiger partial charge in [0.1, 0.15) is 17.7 Å². The fourth-order valence-electron chi connectivity index (χ4n) is 5.66. The van der Waals surface area contributed by atoms with Crippen LogP contribution in [-0.2, 0) is 38.4 Å². The van der Waals surface area contributed by atoms with Crippen LogP contribution in [0.5, 0.6) is 0 Å². The molecule has 0 aromatic heterocycles. The van der Waals surface area contributed by atoms with Gasteiger partial charge in [0, 0.05) is 12.8 Å². The van der Waals surface area contributed by atoms with Crippen LogP contribution < -0.4 is 21.7 Å². The minimum atomic E-state index is -1.93. The van der Waals surface area contributed by atoms with E-state index in [4.69, 9.17) is 10.5 Å². The van der Waals surface area contributed by atoms with Crippen molar-refractivity contribution in [2.24, 2.45) is 11.7 Å². The fraction of sp³-hybridized carbons (Fsp3) is 0.436. The van der Waals surface area contributed by atoms with Gasteiger partial charge in [-0.1, -0.05) is 105 Å². The van der Waals surface area contributed by atoms with E-state index in [0.29, 0.717) is 18.4 Å². The van der Waals surface area contributed by atoms with Crippen molar-refractivity contribution in [2.45, 2.75) is 102 Å². The van der Waals surface area contributed by atoms with Crippen molar-refractivity contribution < 1.29 is 29.0 Å². The minimum absolute atomic E-state index is 0.0460. The highest BCUT2D eigenvalue weighted by molar-refractivity contribution is 5.96. The molecule has 0 saturated heterocycles. The zero-order chi connectivity index (χ0) is 36.0. The molecule has 0 saturated carbocycles. The molecule has 49 heavy (non-hydrogen) atoms. The Kier molecular flexibility index (Phi) is 14.4. The summed E-state index contributed by atoms with van der Waals surface area (Å²) in [5.41, 5.74) is 5.42. The molecule has 10 nitrogen and oxygen atoms in total. The zero-order valence-electron chi connectivity index (χ0n) is 29.3. The smallest absolute Gasteiger partial charge is 0.408 e. The minimum Gasteiger partial charge on any atom is -0.444 e. The summed E-state index contributed by atoms with van der Waals surface area (Å²) in [6.45, 7) is 8.91. The van der Waals surface area contributed by atoms with E-state index < -0.39 is 53.1 Å². The first kappa shape index (κ1) is 38.7. The summed E-state index contributed by atoms with van der Waals surface area (Å²) in [4.78, 5) is 54.3. The standard InChI is InChI=1S/C39H52N4O6/c1-27(2)24-32(35(46)41-31(34(40)45)25-29-18-11-7-12-19-29)42-36(47)39(26-30-20-13-8-14-21-30,43-37(48)49-38(3,4)5)33(44)23-15-22-28-16-9-6-10-17-28/h6-14,16-21,27,31-33,44H,15,22-26H2,1-5H3,(H2,40,45)(H,41,46)(H,42,47)(H,43,48)/t31-,32?,33-,39-/m0/s1. The van der Waals surface area contributed by atoms with E-state index in [0.717, 1.165) is 11.1 Å². The third-order valence-electron chi connectivity index (χ3n) is 8.08. The van der Waals surface area contributed by atoms with Crippen LogP contribution in [-0.4, -0.2) is 58.2 Å². The number of aliphatic hydroxyl groups excluding tert-OH is 1. The van der Waals surface area contributed by atoms with Gasteiger partial charge in [0.2, 0.25) is 17.7 Å². The molecular formula is C39H52N4O6. The number of rotatable bonds is 17. The molecule has 0 aliphatic carbocycles. The summed E-state index contributed by atoms with van der Waals surface area (Å²) in [6, 6.07) is 25.8. The number of alkyl carbamates (subject to hydrolysis) is 1. The summed E-state index contributed by atoms with van der Waals surface area (Å²) in [5, 5.41) is 20.3. The second-order valence-electron chi connectivity index (χ2n) is 14.0. The Morgan fingerprint density at radius 3 is 1.82 bits per heavy atom. The molecule has 6 N–H and O–H groups in total. The van der Waals surface area contributed by atoms with Gasteiger partial charge in [0.15, 0.2) is 5.54 Å². The van der Waals surface area contributed by atoms with E-state index in [1.807, 2.05) is 80.6 Å². The lowest BCUT2D eigenvalue weighted by atomic mass is 9.81. The van der Waals surface area contributed by atoms with E-state index >= 15 is 0 Å². The highest BCUT2D eigenvalue weighted by atomic mass is 16.6. The normalized spacial score (nSPS) is 14.5. The van der Waals surface area contributed by atoms with Gasteiger partial charge in [0.25, 0.3) is 0 Å². The van der Waals surface area contributed by atoms with Crippen LogP contribution in [0.3, 0.4) is 0 Å². The van der Waals surface area contributed by atoms with E-state index in [9.17, 15) is 24.3 Å². The molecule has 10 heteroatoms. The monoisotopic (exact) mass is 672 g/mol. The van der Waals surface area contributed by atoms with Crippen LogP contribution in [0.15, 0.2) is 91.0 Å². The molecule has 0 aliphatic rings. The van der Waals surface area contributed by atoms with Gasteiger partial charge in [-0.05, 0) is 69.1 Å². The highest BCUT2D eigenvalue weighted by Gasteiger charge is 2.48. The van der Waals surface area contributed by atoms with Crippen LogP contribution >= 0.6 is 0 Å². The van der Waals surface area contributed by atoms with Gasteiger partial charge in [-0.25, -0.2) is 4.79 Å². The summed E-state index contributed by atoms with van der Waals surface area (Å²) < 4.78 is 5.59. The molecule has 1 unspecified atom stereocenters. The SMILES string of the molecule is CC(C)CC(NC(=O)[C@@](Cc1ccccc1)(NC(=O)OC(C)(C)C)[C@@H](O)CCCc1ccccc1)C(=O)N[C@@H](Cc1ccccc1)C(N)=O. The number of ether oxygens (including phenoxy) is 1. The molecule has 3 aromatic rings. The first-order valence-electron chi connectivity index (χ1n) is 16.9. The molecule has 0 spiro atoms. The molecule has 4 amide bonds. The van der Waals surface area contributed by atoms with Gasteiger partial charge >= 0.3 is 6.09 Å². The van der Waals surface area contributed by atoms with Gasteiger partial charge in [-0.3, -0.25) is 14.4 Å². The Labute approximate surface area is 290 Å². The number of primary amides is 1. The molecule has 0 fully saturated rings. The molecule has 3 rings (SSSR count). The summed E-state index contributed by atoms with van der Waals surface area (Å²) >= 11 is 0. The first-order valence-corrected chi connectivity index (χ1v) is 16.9. The van der Waals surface area contributed by atoms with Crippen LogP contribution in [0.4, 0.5) is 4.79 Å². The predicted molar refractivity (Wildman–Crippen MR) is 190 cm³/mol. The summed E-state index contributed by atoms with van der Waals surface area (Å²) in [5.74, 6) is -2.12. The lowest BCUT2D eigenvalue weighted by Crippen LogP contribution is -2.69. The van der Waals surface area contributed by atoms with Gasteiger partial charge < -0.3 is 31.5 Å². The lowest BCUT2D eigenvalue weighted by molar-refractivity contribution is -0.137. The maximum Gasteiger partial charge on any atom is 0.408 e. The van der Waals surface area contributed by atoms with Crippen molar-refractivity contribution in [3.63, 3.8) is 0 Å². The highest BCUT2D eigenvalue weighted by Crippen LogP contribution is 2.25. The largest absolute Gasteiger partial charge is 0.444 e. The van der Waals surface area contributed by atoms with Crippen LogP contribution in [0.2, 0.25) is 0 Å². The number of carbonyl (C=O) groups excluding carboxylic acids is 4. The molecular weight excluding hydrogens is 620 g/mol. The molecule has 264 valence electrons. The van der Waals surface area contributed by atoms with Crippen molar-refractivity contribution in [3.8, 4) is 0 Å². The van der Waals surface area contributed by atoms with E-state index in [-0.39, 0.29) is 31.6 Å². The Morgan fingerprint density at radius 2 is 1.31 bits per heavy atom. The van der Waals surface area contributed by atoms with Crippen molar-refractivity contribution in [3.05, 3.63) is 108 Å². The summed E-state index contributed by atoms with van der Waals surface area (Å²) in [7, 11) is 0. The number of carbonyl (C=O) groups is 4. The van der Waals surface area contributed by atoms with Crippen molar-refractivity contribution in [1.82, 2.24) is 16.0 Å². The topological polar surface area (TPSA) is 160 Å². The number of aryl methyl sites for hydroxylation is 1. The quantitative estimate of drug-likeness (QED) is 0.141. The number of amides is 4. The van der Waals surface area contributed by atoms with Gasteiger partial charge in [-0.15, -0.1) is 0 Å². The number of hydrogen-bond donors (Lipinski definition) is 5. The maximum absolute atomic E-state index is 14.6. The zero-order valence-corrected chi connectivity index (χ0v) is 29.3. The predicted octanol–water partition coefficient (Wildman–Crippen LogP) is 4.62. The second-order valence-corrected chi connectivity index (χ2v) is 14.0. The van der Waals surface area contributed by atoms with Crippen molar-refractivity contribution in [1.29, 1.82) is 0 Å². The number of hydrogen-bond acceptors (Lipinski definition) is 6. The molecule has 0 heterocycles. The van der Waals surface area contributed by atoms with Crippen LogP contribution in [0.1, 0.15) is 70.6 Å².